The normalized spacial score (nSPS) is 12.6. The molecule has 0 aromatic rings. The number of alkyl carbamates (subject to hydrolysis) is 1. The number of halogens is 2. The molecule has 1 amide bonds. The standard InChI is InChI=1S/C9H19FN2O2.ClH/c1-9(2,3)14-8(13)12-5-4-7(10)6-11;/h7H,4-6,11H2,1-3H3,(H,12,13);1H. The van der Waals surface area contributed by atoms with E-state index in [4.69, 9.17) is 10.5 Å². The summed E-state index contributed by atoms with van der Waals surface area (Å²) in [5.41, 5.74) is 4.55. The molecule has 0 saturated carbocycles. The summed E-state index contributed by atoms with van der Waals surface area (Å²) in [4.78, 5) is 11.0. The molecule has 0 aliphatic carbocycles. The molecule has 0 radical (unpaired) electrons. The van der Waals surface area contributed by atoms with E-state index in [1.165, 1.54) is 0 Å². The fourth-order valence-electron chi connectivity index (χ4n) is 0.763. The van der Waals surface area contributed by atoms with E-state index in [0.29, 0.717) is 0 Å². The topological polar surface area (TPSA) is 64.3 Å². The second kappa shape index (κ2) is 7.70. The first-order chi connectivity index (χ1) is 6.35. The fourth-order valence-corrected chi connectivity index (χ4v) is 0.763. The molecule has 0 rings (SSSR count). The first-order valence-electron chi connectivity index (χ1n) is 4.66. The van der Waals surface area contributed by atoms with Gasteiger partial charge in [-0.2, -0.15) is 0 Å². The van der Waals surface area contributed by atoms with Gasteiger partial charge in [0.2, 0.25) is 0 Å². The first kappa shape index (κ1) is 16.9. The van der Waals surface area contributed by atoms with Crippen LogP contribution < -0.4 is 11.1 Å². The molecule has 0 bridgehead atoms. The largest absolute Gasteiger partial charge is 0.444 e. The zero-order valence-corrected chi connectivity index (χ0v) is 10.2. The minimum absolute atomic E-state index is 0. The van der Waals surface area contributed by atoms with Gasteiger partial charge in [-0.05, 0) is 27.2 Å². The minimum atomic E-state index is -1.06. The van der Waals surface area contributed by atoms with Crippen LogP contribution in [0.1, 0.15) is 27.2 Å². The molecule has 0 aliphatic rings. The summed E-state index contributed by atoms with van der Waals surface area (Å²) in [6.45, 7) is 5.53. The first-order valence-corrected chi connectivity index (χ1v) is 4.66. The monoisotopic (exact) mass is 242 g/mol. The Bertz CT molecular complexity index is 185. The highest BCUT2D eigenvalue weighted by molar-refractivity contribution is 5.85. The van der Waals surface area contributed by atoms with Crippen molar-refractivity contribution in [2.45, 2.75) is 39.0 Å². The Hall–Kier alpha value is -0.550. The lowest BCUT2D eigenvalue weighted by Crippen LogP contribution is -2.34. The Kier molecular flexibility index (Phi) is 8.66. The van der Waals surface area contributed by atoms with Crippen molar-refractivity contribution in [1.29, 1.82) is 0 Å². The SMILES string of the molecule is CC(C)(C)OC(=O)NCCC(F)CN.Cl. The van der Waals surface area contributed by atoms with Crippen molar-refractivity contribution in [2.75, 3.05) is 13.1 Å². The molecule has 0 aliphatic heterocycles. The van der Waals surface area contributed by atoms with Crippen LogP contribution in [0.4, 0.5) is 9.18 Å². The van der Waals surface area contributed by atoms with Crippen molar-refractivity contribution in [3.63, 3.8) is 0 Å². The summed E-state index contributed by atoms with van der Waals surface area (Å²) in [5, 5.41) is 2.45. The molecule has 92 valence electrons. The minimum Gasteiger partial charge on any atom is -0.444 e. The summed E-state index contributed by atoms with van der Waals surface area (Å²) in [6, 6.07) is 0. The molecule has 0 aromatic heterocycles. The Morgan fingerprint density at radius 3 is 2.47 bits per heavy atom. The molecular weight excluding hydrogens is 223 g/mol. The summed E-state index contributed by atoms with van der Waals surface area (Å²) in [7, 11) is 0. The van der Waals surface area contributed by atoms with Gasteiger partial charge >= 0.3 is 6.09 Å². The maximum atomic E-state index is 12.6. The number of hydrogen-bond donors (Lipinski definition) is 2. The van der Waals surface area contributed by atoms with Crippen LogP contribution in [-0.2, 0) is 4.74 Å². The Morgan fingerprint density at radius 1 is 1.53 bits per heavy atom. The number of alkyl halides is 1. The molecule has 15 heavy (non-hydrogen) atoms. The van der Waals surface area contributed by atoms with Gasteiger partial charge in [-0.25, -0.2) is 9.18 Å². The molecule has 3 N–H and O–H groups in total. The number of carbonyl (C=O) groups is 1. The van der Waals surface area contributed by atoms with Crippen molar-refractivity contribution in [1.82, 2.24) is 5.32 Å². The lowest BCUT2D eigenvalue weighted by Gasteiger charge is -2.19. The lowest BCUT2D eigenvalue weighted by atomic mass is 10.2. The lowest BCUT2D eigenvalue weighted by molar-refractivity contribution is 0.0524. The number of ether oxygens (including phenoxy) is 1. The third-order valence-electron chi connectivity index (χ3n) is 1.38. The van der Waals surface area contributed by atoms with Crippen molar-refractivity contribution < 1.29 is 13.9 Å². The van der Waals surface area contributed by atoms with E-state index < -0.39 is 17.9 Å². The highest BCUT2D eigenvalue weighted by Gasteiger charge is 2.15. The van der Waals surface area contributed by atoms with Gasteiger partial charge < -0.3 is 15.8 Å². The predicted octanol–water partition coefficient (Wildman–Crippen LogP) is 1.62. The van der Waals surface area contributed by atoms with Gasteiger partial charge in [-0.1, -0.05) is 0 Å². The van der Waals surface area contributed by atoms with E-state index in [2.05, 4.69) is 5.32 Å². The second-order valence-electron chi connectivity index (χ2n) is 4.05. The average Bonchev–Trinajstić information content (AvgIpc) is 2.00. The fraction of sp³-hybridized carbons (Fsp3) is 0.889. The zero-order valence-electron chi connectivity index (χ0n) is 9.38. The van der Waals surface area contributed by atoms with E-state index in [1.807, 2.05) is 0 Å². The van der Waals surface area contributed by atoms with Crippen LogP contribution in [0.15, 0.2) is 0 Å². The highest BCUT2D eigenvalue weighted by Crippen LogP contribution is 2.06. The van der Waals surface area contributed by atoms with Gasteiger partial charge in [0.25, 0.3) is 0 Å². The molecule has 0 aromatic carbocycles. The molecule has 1 atom stereocenters. The highest BCUT2D eigenvalue weighted by atomic mass is 35.5. The summed E-state index contributed by atoms with van der Waals surface area (Å²) < 4.78 is 17.6. The van der Waals surface area contributed by atoms with Crippen LogP contribution in [0.2, 0.25) is 0 Å². The molecule has 6 heteroatoms. The predicted molar refractivity (Wildman–Crippen MR) is 60.1 cm³/mol. The van der Waals surface area contributed by atoms with Crippen LogP contribution in [0.25, 0.3) is 0 Å². The van der Waals surface area contributed by atoms with Gasteiger partial charge in [-0.3, -0.25) is 0 Å². The Labute approximate surface area is 96.1 Å². The van der Waals surface area contributed by atoms with E-state index in [1.54, 1.807) is 20.8 Å². The molecular formula is C9H20ClFN2O2. The van der Waals surface area contributed by atoms with E-state index in [0.717, 1.165) is 0 Å². The van der Waals surface area contributed by atoms with Crippen LogP contribution in [0.5, 0.6) is 0 Å². The average molecular weight is 243 g/mol. The number of carbonyl (C=O) groups excluding carboxylic acids is 1. The van der Waals surface area contributed by atoms with E-state index >= 15 is 0 Å². The molecule has 0 saturated heterocycles. The zero-order chi connectivity index (χ0) is 11.2. The maximum absolute atomic E-state index is 12.6. The number of nitrogens with two attached hydrogens (primary N) is 1. The Morgan fingerprint density at radius 2 is 2.07 bits per heavy atom. The third kappa shape index (κ3) is 11.4. The van der Waals surface area contributed by atoms with Crippen molar-refractivity contribution in [3.05, 3.63) is 0 Å². The van der Waals surface area contributed by atoms with Crippen LogP contribution in [0, 0.1) is 0 Å². The van der Waals surface area contributed by atoms with Crippen LogP contribution in [0.3, 0.4) is 0 Å². The van der Waals surface area contributed by atoms with Gasteiger partial charge in [0, 0.05) is 13.1 Å². The molecule has 0 heterocycles. The third-order valence-corrected chi connectivity index (χ3v) is 1.38. The summed E-state index contributed by atoms with van der Waals surface area (Å²) in [6.07, 6.45) is -1.37. The van der Waals surface area contributed by atoms with E-state index in [9.17, 15) is 9.18 Å². The van der Waals surface area contributed by atoms with Crippen LogP contribution in [-0.4, -0.2) is 31.0 Å². The van der Waals surface area contributed by atoms with Gasteiger partial charge in [0.05, 0.1) is 0 Å². The molecule has 1 unspecified atom stereocenters. The van der Waals surface area contributed by atoms with Gasteiger partial charge in [0.1, 0.15) is 11.8 Å². The van der Waals surface area contributed by atoms with Crippen molar-refractivity contribution >= 4 is 18.5 Å². The van der Waals surface area contributed by atoms with Crippen LogP contribution >= 0.6 is 12.4 Å². The second-order valence-corrected chi connectivity index (χ2v) is 4.05. The smallest absolute Gasteiger partial charge is 0.407 e. The Balaban J connectivity index is 0. The number of nitrogens with one attached hydrogen (secondary N) is 1. The number of hydrogen-bond acceptors (Lipinski definition) is 3. The van der Waals surface area contributed by atoms with Gasteiger partial charge in [-0.15, -0.1) is 12.4 Å². The maximum Gasteiger partial charge on any atom is 0.407 e. The number of rotatable bonds is 4. The van der Waals surface area contributed by atoms with Gasteiger partial charge in [0.15, 0.2) is 0 Å². The molecule has 4 nitrogen and oxygen atoms in total. The number of amides is 1. The van der Waals surface area contributed by atoms with Crippen molar-refractivity contribution in [3.8, 4) is 0 Å². The quantitative estimate of drug-likeness (QED) is 0.788. The summed E-state index contributed by atoms with van der Waals surface area (Å²) in [5.74, 6) is 0. The van der Waals surface area contributed by atoms with E-state index in [-0.39, 0.29) is 31.9 Å². The summed E-state index contributed by atoms with van der Waals surface area (Å²) >= 11 is 0. The molecule has 0 fully saturated rings. The molecule has 0 spiro atoms. The van der Waals surface area contributed by atoms with Crippen molar-refractivity contribution in [2.24, 2.45) is 5.73 Å².